The van der Waals surface area contributed by atoms with Crippen LogP contribution in [0.1, 0.15) is 5.56 Å². The van der Waals surface area contributed by atoms with Crippen molar-refractivity contribution in [3.8, 4) is 5.75 Å². The number of anilines is 1. The lowest BCUT2D eigenvalue weighted by Crippen LogP contribution is -2.01. The van der Waals surface area contributed by atoms with E-state index in [-0.39, 0.29) is 0 Å². The van der Waals surface area contributed by atoms with E-state index in [2.05, 4.69) is 18.0 Å². The maximum absolute atomic E-state index is 5.81. The number of hydrogen-bond donors (Lipinski definition) is 1. The average Bonchev–Trinajstić information content (AvgIpc) is 2.37. The molecule has 0 fully saturated rings. The molecule has 0 saturated carbocycles. The van der Waals surface area contributed by atoms with Gasteiger partial charge in [0.25, 0.3) is 0 Å². The van der Waals surface area contributed by atoms with E-state index in [0.717, 1.165) is 22.2 Å². The lowest BCUT2D eigenvalue weighted by molar-refractivity contribution is 0.343. The number of nitrogen functional groups attached to an aromatic ring is 1. The molecule has 1 aromatic carbocycles. The summed E-state index contributed by atoms with van der Waals surface area (Å²) in [5, 5.41) is 0.866. The minimum Gasteiger partial charge on any atom is -0.493 e. The average molecular weight is 260 g/mol. The summed E-state index contributed by atoms with van der Waals surface area (Å²) in [6, 6.07) is 11.7. The van der Waals surface area contributed by atoms with Crippen LogP contribution in [-0.4, -0.2) is 17.3 Å². The van der Waals surface area contributed by atoms with Gasteiger partial charge in [-0.25, -0.2) is 4.98 Å². The van der Waals surface area contributed by atoms with Gasteiger partial charge in [0.1, 0.15) is 10.8 Å². The van der Waals surface area contributed by atoms with E-state index in [1.807, 2.05) is 30.3 Å². The largest absolute Gasteiger partial charge is 0.493 e. The van der Waals surface area contributed by atoms with Crippen LogP contribution in [0.25, 0.3) is 0 Å². The smallest absolute Gasteiger partial charge is 0.119 e. The number of pyridine rings is 1. The predicted octanol–water partition coefficient (Wildman–Crippen LogP) is 3.14. The van der Waals surface area contributed by atoms with Gasteiger partial charge in [-0.1, -0.05) is 12.1 Å². The van der Waals surface area contributed by atoms with Crippen LogP contribution in [0.5, 0.6) is 5.75 Å². The third kappa shape index (κ3) is 3.67. The number of nitrogens with two attached hydrogens (primary N) is 1. The summed E-state index contributed by atoms with van der Waals surface area (Å²) < 4.78 is 5.66. The molecule has 0 unspecified atom stereocenters. The third-order valence-electron chi connectivity index (χ3n) is 2.38. The first-order chi connectivity index (χ1) is 8.75. The van der Waals surface area contributed by atoms with Crippen LogP contribution in [0.2, 0.25) is 0 Å². The Bertz CT molecular complexity index is 517. The first kappa shape index (κ1) is 12.8. The van der Waals surface area contributed by atoms with Crippen molar-refractivity contribution in [3.63, 3.8) is 0 Å². The first-order valence-electron chi connectivity index (χ1n) is 5.78. The lowest BCUT2D eigenvalue weighted by Gasteiger charge is -2.07. The topological polar surface area (TPSA) is 48.1 Å². The normalized spacial score (nSPS) is 10.3. The van der Waals surface area contributed by atoms with Gasteiger partial charge in [0.05, 0.1) is 12.3 Å². The summed E-state index contributed by atoms with van der Waals surface area (Å²) in [6.07, 6.45) is 1.75. The number of rotatable bonds is 5. The van der Waals surface area contributed by atoms with Gasteiger partial charge in [0.15, 0.2) is 0 Å². The number of benzene rings is 1. The fraction of sp³-hybridized carbons (Fsp3) is 0.214. The standard InChI is InChI=1S/C14H16N2OS/c1-11-4-2-5-12(10-11)17-8-9-18-14-13(15)6-3-7-16-14/h2-7,10H,8-9,15H2,1H3. The molecule has 2 N–H and O–H groups in total. The summed E-state index contributed by atoms with van der Waals surface area (Å²) >= 11 is 1.61. The van der Waals surface area contributed by atoms with Gasteiger partial charge >= 0.3 is 0 Å². The molecular weight excluding hydrogens is 244 g/mol. The van der Waals surface area contributed by atoms with Crippen molar-refractivity contribution < 1.29 is 4.74 Å². The second-order valence-corrected chi connectivity index (χ2v) is 4.99. The maximum Gasteiger partial charge on any atom is 0.119 e. The van der Waals surface area contributed by atoms with Crippen LogP contribution < -0.4 is 10.5 Å². The van der Waals surface area contributed by atoms with Crippen LogP contribution in [-0.2, 0) is 0 Å². The first-order valence-corrected chi connectivity index (χ1v) is 6.77. The van der Waals surface area contributed by atoms with Crippen molar-refractivity contribution in [1.29, 1.82) is 0 Å². The Labute approximate surface area is 111 Å². The Balaban J connectivity index is 1.78. The highest BCUT2D eigenvalue weighted by molar-refractivity contribution is 7.99. The molecule has 0 atom stereocenters. The van der Waals surface area contributed by atoms with Gasteiger partial charge in [0, 0.05) is 11.9 Å². The van der Waals surface area contributed by atoms with Crippen LogP contribution in [0.3, 0.4) is 0 Å². The molecule has 18 heavy (non-hydrogen) atoms. The van der Waals surface area contributed by atoms with Crippen LogP contribution in [0.4, 0.5) is 5.69 Å². The zero-order valence-corrected chi connectivity index (χ0v) is 11.1. The number of nitrogens with zero attached hydrogens (tertiary/aromatic N) is 1. The number of aromatic nitrogens is 1. The third-order valence-corrected chi connectivity index (χ3v) is 3.37. The van der Waals surface area contributed by atoms with Crippen LogP contribution in [0.15, 0.2) is 47.6 Å². The molecule has 3 nitrogen and oxygen atoms in total. The Morgan fingerprint density at radius 2 is 2.17 bits per heavy atom. The molecule has 94 valence electrons. The zero-order chi connectivity index (χ0) is 12.8. The molecule has 4 heteroatoms. The van der Waals surface area contributed by atoms with Gasteiger partial charge in [-0.05, 0) is 36.8 Å². The van der Waals surface area contributed by atoms with E-state index in [9.17, 15) is 0 Å². The van der Waals surface area contributed by atoms with Crippen molar-refractivity contribution in [2.24, 2.45) is 0 Å². The summed E-state index contributed by atoms with van der Waals surface area (Å²) in [7, 11) is 0. The molecule has 2 aromatic rings. The predicted molar refractivity (Wildman–Crippen MR) is 76.0 cm³/mol. The van der Waals surface area contributed by atoms with E-state index in [1.54, 1.807) is 18.0 Å². The van der Waals surface area contributed by atoms with Crippen molar-refractivity contribution >= 4 is 17.4 Å². The fourth-order valence-electron chi connectivity index (χ4n) is 1.53. The molecular formula is C14H16N2OS. The highest BCUT2D eigenvalue weighted by Gasteiger charge is 2.00. The van der Waals surface area contributed by atoms with Crippen LogP contribution >= 0.6 is 11.8 Å². The van der Waals surface area contributed by atoms with Crippen LogP contribution in [0, 0.1) is 6.92 Å². The van der Waals surface area contributed by atoms with E-state index in [1.165, 1.54) is 5.56 Å². The lowest BCUT2D eigenvalue weighted by atomic mass is 10.2. The minimum atomic E-state index is 0.643. The molecule has 0 spiro atoms. The van der Waals surface area contributed by atoms with Gasteiger partial charge in [0.2, 0.25) is 0 Å². The summed E-state index contributed by atoms with van der Waals surface area (Å²) in [4.78, 5) is 4.22. The van der Waals surface area contributed by atoms with E-state index >= 15 is 0 Å². The van der Waals surface area contributed by atoms with Gasteiger partial charge in [-0.15, -0.1) is 11.8 Å². The van der Waals surface area contributed by atoms with Crippen molar-refractivity contribution in [2.75, 3.05) is 18.1 Å². The number of thioether (sulfide) groups is 1. The van der Waals surface area contributed by atoms with Crippen molar-refractivity contribution in [2.45, 2.75) is 11.9 Å². The SMILES string of the molecule is Cc1cccc(OCCSc2ncccc2N)c1. The molecule has 0 amide bonds. The number of hydrogen-bond acceptors (Lipinski definition) is 4. The second-order valence-electron chi connectivity index (χ2n) is 3.91. The summed E-state index contributed by atoms with van der Waals surface area (Å²) in [6.45, 7) is 2.69. The molecule has 0 saturated heterocycles. The molecule has 0 aliphatic rings. The maximum atomic E-state index is 5.81. The quantitative estimate of drug-likeness (QED) is 0.662. The molecule has 0 bridgehead atoms. The highest BCUT2D eigenvalue weighted by atomic mass is 32.2. The molecule has 1 aromatic heterocycles. The van der Waals surface area contributed by atoms with E-state index in [4.69, 9.17) is 10.5 Å². The fourth-order valence-corrected chi connectivity index (χ4v) is 2.26. The molecule has 1 heterocycles. The second kappa shape index (κ2) is 6.31. The molecule has 0 aliphatic heterocycles. The Hall–Kier alpha value is -1.68. The molecule has 2 rings (SSSR count). The van der Waals surface area contributed by atoms with Gasteiger partial charge in [-0.2, -0.15) is 0 Å². The van der Waals surface area contributed by atoms with Gasteiger partial charge in [-0.3, -0.25) is 0 Å². The van der Waals surface area contributed by atoms with Crippen molar-refractivity contribution in [1.82, 2.24) is 4.98 Å². The van der Waals surface area contributed by atoms with E-state index in [0.29, 0.717) is 6.61 Å². The summed E-state index contributed by atoms with van der Waals surface area (Å²) in [5.41, 5.74) is 7.73. The Kier molecular flexibility index (Phi) is 4.47. The van der Waals surface area contributed by atoms with Gasteiger partial charge < -0.3 is 10.5 Å². The molecule has 0 radical (unpaired) electrons. The highest BCUT2D eigenvalue weighted by Crippen LogP contribution is 2.21. The summed E-state index contributed by atoms with van der Waals surface area (Å²) in [5.74, 6) is 1.74. The number of aryl methyl sites for hydroxylation is 1. The number of ether oxygens (including phenoxy) is 1. The Morgan fingerprint density at radius 3 is 2.94 bits per heavy atom. The minimum absolute atomic E-state index is 0.643. The zero-order valence-electron chi connectivity index (χ0n) is 10.3. The molecule has 0 aliphatic carbocycles. The Morgan fingerprint density at radius 1 is 1.28 bits per heavy atom. The monoisotopic (exact) mass is 260 g/mol. The van der Waals surface area contributed by atoms with Crippen molar-refractivity contribution in [3.05, 3.63) is 48.2 Å². The van der Waals surface area contributed by atoms with E-state index < -0.39 is 0 Å².